The first-order valence-corrected chi connectivity index (χ1v) is 6.00. The van der Waals surface area contributed by atoms with Gasteiger partial charge in [-0.1, -0.05) is 30.3 Å². The van der Waals surface area contributed by atoms with Gasteiger partial charge in [-0.25, -0.2) is 8.42 Å². The average molecular weight is 222 g/mol. The van der Waals surface area contributed by atoms with Crippen LogP contribution in [-0.4, -0.2) is 14.3 Å². The van der Waals surface area contributed by atoms with E-state index < -0.39 is 10.0 Å². The Morgan fingerprint density at radius 1 is 1.20 bits per heavy atom. The van der Waals surface area contributed by atoms with Crippen LogP contribution in [0.15, 0.2) is 46.8 Å². The van der Waals surface area contributed by atoms with Crippen LogP contribution in [-0.2, 0) is 16.6 Å². The number of nitrogens with one attached hydrogen (secondary N) is 1. The highest BCUT2D eigenvalue weighted by Gasteiger charge is 2.13. The van der Waals surface area contributed by atoms with Crippen molar-refractivity contribution in [1.29, 1.82) is 0 Å². The van der Waals surface area contributed by atoms with E-state index >= 15 is 0 Å². The summed E-state index contributed by atoms with van der Waals surface area (Å²) in [6.07, 6.45) is 1.46. The number of sulfonamides is 1. The summed E-state index contributed by atoms with van der Waals surface area (Å²) in [5.41, 5.74) is 1.05. The molecule has 0 atom stereocenters. The van der Waals surface area contributed by atoms with Crippen LogP contribution in [0.2, 0.25) is 0 Å². The minimum absolute atomic E-state index is 0.388. The van der Waals surface area contributed by atoms with E-state index in [-0.39, 0.29) is 0 Å². The van der Waals surface area contributed by atoms with Gasteiger partial charge in [-0.15, -0.1) is 0 Å². The van der Waals surface area contributed by atoms with Crippen molar-refractivity contribution in [3.8, 4) is 0 Å². The van der Waals surface area contributed by atoms with Gasteiger partial charge in [0.1, 0.15) is 5.84 Å². The molecule has 0 bridgehead atoms. The van der Waals surface area contributed by atoms with E-state index in [4.69, 9.17) is 0 Å². The fourth-order valence-corrected chi connectivity index (χ4v) is 2.01. The first kappa shape index (κ1) is 9.92. The largest absolute Gasteiger partial charge is 0.264 e. The molecule has 0 aromatic heterocycles. The van der Waals surface area contributed by atoms with E-state index in [1.54, 1.807) is 0 Å². The van der Waals surface area contributed by atoms with Crippen LogP contribution in [0.5, 0.6) is 0 Å². The minimum atomic E-state index is -3.26. The van der Waals surface area contributed by atoms with E-state index in [9.17, 15) is 8.42 Å². The van der Waals surface area contributed by atoms with Crippen molar-refractivity contribution in [2.75, 3.05) is 0 Å². The maximum atomic E-state index is 11.0. The van der Waals surface area contributed by atoms with Crippen molar-refractivity contribution in [1.82, 2.24) is 4.72 Å². The third-order valence-corrected chi connectivity index (χ3v) is 2.91. The summed E-state index contributed by atoms with van der Waals surface area (Å²) in [6, 6.07) is 9.65. The van der Waals surface area contributed by atoms with Crippen LogP contribution in [0.25, 0.3) is 0 Å². The van der Waals surface area contributed by atoms with Crippen LogP contribution in [0.3, 0.4) is 0 Å². The Hall–Kier alpha value is -1.62. The Balaban J connectivity index is 2.06. The van der Waals surface area contributed by atoms with Crippen LogP contribution >= 0.6 is 0 Å². The van der Waals surface area contributed by atoms with Crippen molar-refractivity contribution in [2.45, 2.75) is 6.54 Å². The van der Waals surface area contributed by atoms with E-state index in [0.29, 0.717) is 12.4 Å². The molecule has 1 aromatic rings. The zero-order valence-electron chi connectivity index (χ0n) is 7.92. The number of hydrogen-bond acceptors (Lipinski definition) is 3. The van der Waals surface area contributed by atoms with Crippen molar-refractivity contribution >= 4 is 15.9 Å². The fourth-order valence-electron chi connectivity index (χ4n) is 1.21. The predicted molar refractivity (Wildman–Crippen MR) is 58.8 cm³/mol. The van der Waals surface area contributed by atoms with Crippen molar-refractivity contribution in [2.24, 2.45) is 4.99 Å². The van der Waals surface area contributed by atoms with Gasteiger partial charge in [-0.2, -0.15) is 0 Å². The maximum Gasteiger partial charge on any atom is 0.256 e. The quantitative estimate of drug-likeness (QED) is 0.812. The monoisotopic (exact) mass is 222 g/mol. The second-order valence-electron chi connectivity index (χ2n) is 3.14. The molecule has 0 radical (unpaired) electrons. The van der Waals surface area contributed by atoms with Crippen LogP contribution in [0.4, 0.5) is 0 Å². The second kappa shape index (κ2) is 3.86. The van der Waals surface area contributed by atoms with Crippen LogP contribution in [0.1, 0.15) is 5.56 Å². The lowest BCUT2D eigenvalue weighted by Gasteiger charge is -1.98. The molecule has 0 aliphatic carbocycles. The average Bonchev–Trinajstić information content (AvgIpc) is 2.57. The van der Waals surface area contributed by atoms with Crippen molar-refractivity contribution in [3.05, 3.63) is 47.4 Å². The molecule has 0 spiro atoms. The van der Waals surface area contributed by atoms with E-state index in [2.05, 4.69) is 9.71 Å². The minimum Gasteiger partial charge on any atom is -0.264 e. The summed E-state index contributed by atoms with van der Waals surface area (Å²) in [5.74, 6) is 0.388. The molecule has 1 aliphatic heterocycles. The van der Waals surface area contributed by atoms with Gasteiger partial charge in [0.15, 0.2) is 0 Å². The summed E-state index contributed by atoms with van der Waals surface area (Å²) < 4.78 is 24.3. The molecule has 78 valence electrons. The Bertz CT molecular complexity index is 503. The van der Waals surface area contributed by atoms with Gasteiger partial charge in [-0.05, 0) is 11.6 Å². The van der Waals surface area contributed by atoms with Gasteiger partial charge in [0.2, 0.25) is 0 Å². The van der Waals surface area contributed by atoms with Gasteiger partial charge in [0.25, 0.3) is 10.0 Å². The standard InChI is InChI=1S/C10H10N2O2S/c13-15(14)7-6-10(12-15)11-8-9-4-2-1-3-5-9/h1-7H,8H2,(H,11,12). The number of benzene rings is 1. The normalized spacial score (nSPS) is 20.4. The lowest BCUT2D eigenvalue weighted by molar-refractivity contribution is 0.602. The van der Waals surface area contributed by atoms with E-state index in [1.165, 1.54) is 6.08 Å². The molecule has 1 heterocycles. The molecular weight excluding hydrogens is 212 g/mol. The number of rotatable bonds is 2. The number of amidine groups is 1. The topological polar surface area (TPSA) is 58.5 Å². The molecule has 0 fully saturated rings. The molecule has 1 aliphatic rings. The highest BCUT2D eigenvalue weighted by molar-refractivity contribution is 7.93. The fraction of sp³-hybridized carbons (Fsp3) is 0.100. The Labute approximate surface area is 88.4 Å². The number of nitrogens with zero attached hydrogens (tertiary/aromatic N) is 1. The number of hydrogen-bond donors (Lipinski definition) is 1. The lowest BCUT2D eigenvalue weighted by atomic mass is 10.2. The molecule has 0 amide bonds. The molecule has 1 aromatic carbocycles. The summed E-state index contributed by atoms with van der Waals surface area (Å²) in [7, 11) is -3.26. The van der Waals surface area contributed by atoms with Gasteiger partial charge in [0, 0.05) is 0 Å². The third-order valence-electron chi connectivity index (χ3n) is 1.93. The Morgan fingerprint density at radius 2 is 1.93 bits per heavy atom. The highest BCUT2D eigenvalue weighted by atomic mass is 32.2. The summed E-state index contributed by atoms with van der Waals surface area (Å²) in [5, 5.41) is 1.11. The molecule has 0 unspecified atom stereocenters. The summed E-state index contributed by atoms with van der Waals surface area (Å²) in [6.45, 7) is 0.475. The molecule has 1 N–H and O–H groups in total. The maximum absolute atomic E-state index is 11.0. The van der Waals surface area contributed by atoms with Crippen LogP contribution in [0, 0.1) is 0 Å². The zero-order chi connectivity index (χ0) is 10.7. The van der Waals surface area contributed by atoms with Crippen molar-refractivity contribution < 1.29 is 8.42 Å². The predicted octanol–water partition coefficient (Wildman–Crippen LogP) is 1.03. The Morgan fingerprint density at radius 3 is 2.53 bits per heavy atom. The van der Waals surface area contributed by atoms with Gasteiger partial charge < -0.3 is 0 Å². The Kier molecular flexibility index (Phi) is 2.55. The third kappa shape index (κ3) is 2.66. The van der Waals surface area contributed by atoms with E-state index in [0.717, 1.165) is 11.0 Å². The summed E-state index contributed by atoms with van der Waals surface area (Å²) in [4.78, 5) is 4.13. The van der Waals surface area contributed by atoms with Crippen LogP contribution < -0.4 is 4.72 Å². The molecular formula is C10H10N2O2S. The SMILES string of the molecule is O=S1(=O)C=CC(=NCc2ccccc2)N1. The lowest BCUT2D eigenvalue weighted by Crippen LogP contribution is -2.21. The molecule has 15 heavy (non-hydrogen) atoms. The van der Waals surface area contributed by atoms with Crippen molar-refractivity contribution in [3.63, 3.8) is 0 Å². The molecule has 0 saturated heterocycles. The van der Waals surface area contributed by atoms with Gasteiger partial charge in [0.05, 0.1) is 12.0 Å². The first-order chi connectivity index (χ1) is 7.16. The number of aliphatic imine (C=N–C) groups is 1. The first-order valence-electron chi connectivity index (χ1n) is 4.45. The van der Waals surface area contributed by atoms with Gasteiger partial charge >= 0.3 is 0 Å². The molecule has 0 saturated carbocycles. The molecule has 2 rings (SSSR count). The van der Waals surface area contributed by atoms with E-state index in [1.807, 2.05) is 30.3 Å². The second-order valence-corrected chi connectivity index (χ2v) is 4.70. The van der Waals surface area contributed by atoms with Gasteiger partial charge in [-0.3, -0.25) is 9.71 Å². The summed E-state index contributed by atoms with van der Waals surface area (Å²) >= 11 is 0. The zero-order valence-corrected chi connectivity index (χ0v) is 8.74. The molecule has 5 heteroatoms. The highest BCUT2D eigenvalue weighted by Crippen LogP contribution is 2.03. The smallest absolute Gasteiger partial charge is 0.256 e. The molecule has 4 nitrogen and oxygen atoms in total.